The lowest BCUT2D eigenvalue weighted by Crippen LogP contribution is -2.68. The standard InChI is InChI=1S/C24H22N2O5/c1-29-20-8-3-6-17(14-20)25-23(28)24(12-11-19-10-5-13-31-19)16-22(27)26(24)18-7-4-9-21(15-18)30-2/h3-15H,16H2,1-2H3,(H,25,28). The van der Waals surface area contributed by atoms with Crippen LogP contribution in [0.3, 0.4) is 0 Å². The van der Waals surface area contributed by atoms with E-state index in [4.69, 9.17) is 13.9 Å². The summed E-state index contributed by atoms with van der Waals surface area (Å²) in [4.78, 5) is 27.7. The Morgan fingerprint density at radius 3 is 2.48 bits per heavy atom. The molecule has 1 aliphatic heterocycles. The fourth-order valence-corrected chi connectivity index (χ4v) is 3.58. The van der Waals surface area contributed by atoms with Crippen molar-refractivity contribution >= 4 is 29.3 Å². The minimum Gasteiger partial charge on any atom is -0.497 e. The maximum absolute atomic E-state index is 13.5. The van der Waals surface area contributed by atoms with Crippen LogP contribution in [-0.2, 0) is 9.59 Å². The lowest BCUT2D eigenvalue weighted by Gasteiger charge is -2.48. The number of carbonyl (C=O) groups excluding carboxylic acids is 2. The molecule has 31 heavy (non-hydrogen) atoms. The first-order valence-corrected chi connectivity index (χ1v) is 9.71. The second kappa shape index (κ2) is 8.39. The molecule has 7 nitrogen and oxygen atoms in total. The van der Waals surface area contributed by atoms with Gasteiger partial charge in [0, 0.05) is 23.5 Å². The Hall–Kier alpha value is -4.00. The second-order valence-electron chi connectivity index (χ2n) is 7.07. The van der Waals surface area contributed by atoms with E-state index in [9.17, 15) is 9.59 Å². The molecule has 158 valence electrons. The van der Waals surface area contributed by atoms with E-state index in [1.165, 1.54) is 4.90 Å². The number of nitrogens with one attached hydrogen (secondary N) is 1. The summed E-state index contributed by atoms with van der Waals surface area (Å²) >= 11 is 0. The largest absolute Gasteiger partial charge is 0.497 e. The summed E-state index contributed by atoms with van der Waals surface area (Å²) in [6.07, 6.45) is 4.97. The zero-order chi connectivity index (χ0) is 21.8. The molecule has 1 aromatic heterocycles. The maximum Gasteiger partial charge on any atom is 0.255 e. The van der Waals surface area contributed by atoms with E-state index in [0.717, 1.165) is 0 Å². The molecule has 3 aromatic rings. The number of anilines is 2. The minimum absolute atomic E-state index is 0.0250. The van der Waals surface area contributed by atoms with Crippen molar-refractivity contribution in [2.24, 2.45) is 0 Å². The van der Waals surface area contributed by atoms with Crippen LogP contribution in [0, 0.1) is 0 Å². The summed E-state index contributed by atoms with van der Waals surface area (Å²) in [6.45, 7) is 0. The van der Waals surface area contributed by atoms with E-state index >= 15 is 0 Å². The summed E-state index contributed by atoms with van der Waals surface area (Å²) in [7, 11) is 3.11. The van der Waals surface area contributed by atoms with Crippen LogP contribution in [0.25, 0.3) is 6.08 Å². The average molecular weight is 418 g/mol. The molecule has 4 rings (SSSR count). The van der Waals surface area contributed by atoms with Crippen LogP contribution in [0.1, 0.15) is 12.2 Å². The number of carbonyl (C=O) groups is 2. The van der Waals surface area contributed by atoms with Crippen LogP contribution in [0.4, 0.5) is 11.4 Å². The van der Waals surface area contributed by atoms with E-state index in [-0.39, 0.29) is 18.2 Å². The van der Waals surface area contributed by atoms with Crippen molar-refractivity contribution in [2.45, 2.75) is 12.0 Å². The van der Waals surface area contributed by atoms with Crippen molar-refractivity contribution in [3.8, 4) is 11.5 Å². The number of nitrogens with zero attached hydrogens (tertiary/aromatic N) is 1. The highest BCUT2D eigenvalue weighted by Gasteiger charge is 2.55. The highest BCUT2D eigenvalue weighted by atomic mass is 16.5. The second-order valence-corrected chi connectivity index (χ2v) is 7.07. The zero-order valence-corrected chi connectivity index (χ0v) is 17.2. The molecule has 1 N–H and O–H groups in total. The van der Waals surface area contributed by atoms with Crippen LogP contribution in [-0.4, -0.2) is 31.6 Å². The van der Waals surface area contributed by atoms with Gasteiger partial charge in [0.1, 0.15) is 17.3 Å². The zero-order valence-electron chi connectivity index (χ0n) is 17.2. The molecule has 1 fully saturated rings. The molecule has 0 spiro atoms. The fraction of sp³-hybridized carbons (Fsp3) is 0.167. The number of rotatable bonds is 7. The number of hydrogen-bond acceptors (Lipinski definition) is 5. The fourth-order valence-electron chi connectivity index (χ4n) is 3.58. The first kappa shape index (κ1) is 20.3. The number of hydrogen-bond donors (Lipinski definition) is 1. The predicted molar refractivity (Wildman–Crippen MR) is 117 cm³/mol. The Balaban J connectivity index is 1.72. The summed E-state index contributed by atoms with van der Waals surface area (Å²) in [6, 6.07) is 17.7. The van der Waals surface area contributed by atoms with E-state index in [2.05, 4.69) is 5.32 Å². The van der Waals surface area contributed by atoms with Crippen LogP contribution in [0.5, 0.6) is 11.5 Å². The van der Waals surface area contributed by atoms with Crippen molar-refractivity contribution in [3.05, 3.63) is 78.8 Å². The molecule has 7 heteroatoms. The minimum atomic E-state index is -1.22. The normalized spacial score (nSPS) is 18.0. The van der Waals surface area contributed by atoms with E-state index in [1.807, 2.05) is 0 Å². The lowest BCUT2D eigenvalue weighted by molar-refractivity contribution is -0.134. The van der Waals surface area contributed by atoms with Gasteiger partial charge in [-0.1, -0.05) is 12.1 Å². The van der Waals surface area contributed by atoms with E-state index in [0.29, 0.717) is 28.6 Å². The average Bonchev–Trinajstić information content (AvgIpc) is 3.30. The van der Waals surface area contributed by atoms with Gasteiger partial charge in [-0.15, -0.1) is 0 Å². The Bertz CT molecular complexity index is 1120. The Morgan fingerprint density at radius 1 is 1.06 bits per heavy atom. The molecule has 0 bridgehead atoms. The van der Waals surface area contributed by atoms with Gasteiger partial charge < -0.3 is 19.2 Å². The number of benzene rings is 2. The van der Waals surface area contributed by atoms with Gasteiger partial charge >= 0.3 is 0 Å². The first-order chi connectivity index (χ1) is 15.1. The van der Waals surface area contributed by atoms with Gasteiger partial charge in [-0.05, 0) is 48.6 Å². The van der Waals surface area contributed by atoms with E-state index < -0.39 is 5.54 Å². The molecule has 0 saturated carbocycles. The molecule has 2 heterocycles. The molecular weight excluding hydrogens is 396 g/mol. The smallest absolute Gasteiger partial charge is 0.255 e. The molecule has 2 aromatic carbocycles. The van der Waals surface area contributed by atoms with Crippen LogP contribution in [0.2, 0.25) is 0 Å². The third-order valence-corrected chi connectivity index (χ3v) is 5.17. The van der Waals surface area contributed by atoms with Crippen molar-refractivity contribution in [3.63, 3.8) is 0 Å². The molecule has 2 amide bonds. The third kappa shape index (κ3) is 3.90. The first-order valence-electron chi connectivity index (χ1n) is 9.71. The number of furan rings is 1. The maximum atomic E-state index is 13.5. The topological polar surface area (TPSA) is 81.0 Å². The van der Waals surface area contributed by atoms with Crippen LogP contribution < -0.4 is 19.7 Å². The highest BCUT2D eigenvalue weighted by Crippen LogP contribution is 2.41. The summed E-state index contributed by atoms with van der Waals surface area (Å²) in [5.41, 5.74) is -0.0835. The molecule has 1 aliphatic rings. The van der Waals surface area contributed by atoms with Crippen molar-refractivity contribution < 1.29 is 23.5 Å². The van der Waals surface area contributed by atoms with Crippen molar-refractivity contribution in [2.75, 3.05) is 24.4 Å². The molecule has 1 atom stereocenters. The SMILES string of the molecule is COc1cccc(NC(=O)C2(C=Cc3ccco3)CC(=O)N2c2cccc(OC)c2)c1. The number of ether oxygens (including phenoxy) is 2. The van der Waals surface area contributed by atoms with Crippen molar-refractivity contribution in [1.82, 2.24) is 0 Å². The van der Waals surface area contributed by atoms with Crippen LogP contribution in [0.15, 0.2) is 77.4 Å². The molecule has 1 unspecified atom stereocenters. The predicted octanol–water partition coefficient (Wildman–Crippen LogP) is 4.12. The Labute approximate surface area is 179 Å². The number of β-lactam (4-membered cyclic amide) rings is 1. The lowest BCUT2D eigenvalue weighted by atomic mass is 9.81. The highest BCUT2D eigenvalue weighted by molar-refractivity contribution is 6.18. The molecule has 1 saturated heterocycles. The van der Waals surface area contributed by atoms with Crippen molar-refractivity contribution in [1.29, 1.82) is 0 Å². The molecule has 0 radical (unpaired) electrons. The quantitative estimate of drug-likeness (QED) is 0.584. The Kier molecular flexibility index (Phi) is 5.49. The van der Waals surface area contributed by atoms with E-state index in [1.54, 1.807) is 93.3 Å². The number of methoxy groups -OCH3 is 2. The monoisotopic (exact) mass is 418 g/mol. The van der Waals surface area contributed by atoms with Gasteiger partial charge in [0.15, 0.2) is 5.54 Å². The van der Waals surface area contributed by atoms with Gasteiger partial charge in [0.05, 0.1) is 26.9 Å². The summed E-state index contributed by atoms with van der Waals surface area (Å²) < 4.78 is 15.9. The molecule has 0 aliphatic carbocycles. The third-order valence-electron chi connectivity index (χ3n) is 5.17. The van der Waals surface area contributed by atoms with Gasteiger partial charge in [-0.2, -0.15) is 0 Å². The van der Waals surface area contributed by atoms with Gasteiger partial charge in [-0.25, -0.2) is 0 Å². The van der Waals surface area contributed by atoms with Gasteiger partial charge in [0.2, 0.25) is 5.91 Å². The van der Waals surface area contributed by atoms with Gasteiger partial charge in [-0.3, -0.25) is 14.5 Å². The van der Waals surface area contributed by atoms with Crippen LogP contribution >= 0.6 is 0 Å². The summed E-state index contributed by atoms with van der Waals surface area (Å²) in [5, 5.41) is 2.91. The summed E-state index contributed by atoms with van der Waals surface area (Å²) in [5.74, 6) is 1.28. The van der Waals surface area contributed by atoms with Gasteiger partial charge in [0.25, 0.3) is 5.91 Å². The Morgan fingerprint density at radius 2 is 1.81 bits per heavy atom. The number of amides is 2. The molecular formula is C24H22N2O5.